The molecule has 0 radical (unpaired) electrons. The first-order chi connectivity index (χ1) is 9.57. The lowest BCUT2D eigenvalue weighted by Gasteiger charge is -2.34. The van der Waals surface area contributed by atoms with Crippen molar-refractivity contribution in [1.82, 2.24) is 4.90 Å². The van der Waals surface area contributed by atoms with E-state index in [-0.39, 0.29) is 6.04 Å². The minimum atomic E-state index is -0.764. The van der Waals surface area contributed by atoms with Crippen LogP contribution in [0, 0.1) is 11.8 Å². The average Bonchev–Trinajstić information content (AvgIpc) is 2.62. The van der Waals surface area contributed by atoms with Crippen LogP contribution in [0.2, 0.25) is 0 Å². The van der Waals surface area contributed by atoms with E-state index in [2.05, 4.69) is 16.6 Å². The van der Waals surface area contributed by atoms with Gasteiger partial charge in [-0.1, -0.05) is 5.92 Å². The van der Waals surface area contributed by atoms with E-state index in [0.29, 0.717) is 13.0 Å². The zero-order valence-corrected chi connectivity index (χ0v) is 13.5. The molecule has 0 aromatic rings. The maximum atomic E-state index is 12.3. The van der Waals surface area contributed by atoms with Crippen LogP contribution in [-0.4, -0.2) is 48.0 Å². The first-order valence-corrected chi connectivity index (χ1v) is 6.80. The lowest BCUT2D eigenvalue weighted by atomic mass is 10.1. The minimum Gasteiger partial charge on any atom is -0.459 e. The molecule has 1 fully saturated rings. The summed E-state index contributed by atoms with van der Waals surface area (Å²) in [6, 6.07) is -0.257. The minimum absolute atomic E-state index is 0.257. The van der Waals surface area contributed by atoms with Gasteiger partial charge in [0.25, 0.3) is 0 Å². The van der Waals surface area contributed by atoms with Gasteiger partial charge >= 0.3 is 12.1 Å². The van der Waals surface area contributed by atoms with Crippen LogP contribution in [0.5, 0.6) is 0 Å². The quantitative estimate of drug-likeness (QED) is 0.420. The van der Waals surface area contributed by atoms with Gasteiger partial charge in [0.15, 0.2) is 0 Å². The van der Waals surface area contributed by atoms with Gasteiger partial charge < -0.3 is 14.2 Å². The van der Waals surface area contributed by atoms with Crippen LogP contribution in [0.3, 0.4) is 0 Å². The van der Waals surface area contributed by atoms with E-state index in [4.69, 9.17) is 9.47 Å². The number of esters is 1. The molecule has 0 saturated carbocycles. The molecule has 118 valence electrons. The van der Waals surface area contributed by atoms with Gasteiger partial charge in [0.1, 0.15) is 11.3 Å². The summed E-state index contributed by atoms with van der Waals surface area (Å²) < 4.78 is 15.5. The van der Waals surface area contributed by atoms with Crippen molar-refractivity contribution in [2.24, 2.45) is 0 Å². The second-order valence-corrected chi connectivity index (χ2v) is 6.26. The van der Waals surface area contributed by atoms with E-state index in [0.717, 1.165) is 0 Å². The lowest BCUT2D eigenvalue weighted by Crippen LogP contribution is -2.49. The van der Waals surface area contributed by atoms with Gasteiger partial charge in [-0.15, -0.1) is 0 Å². The van der Waals surface area contributed by atoms with Crippen molar-refractivity contribution in [2.75, 3.05) is 13.7 Å². The van der Waals surface area contributed by atoms with Crippen LogP contribution in [0.25, 0.3) is 0 Å². The smallest absolute Gasteiger partial charge is 0.412 e. The Morgan fingerprint density at radius 2 is 2.00 bits per heavy atom. The van der Waals surface area contributed by atoms with Crippen molar-refractivity contribution in [2.45, 2.75) is 58.4 Å². The number of carbonyl (C=O) groups is 2. The molecule has 0 aliphatic carbocycles. The first-order valence-electron chi connectivity index (χ1n) is 6.80. The van der Waals surface area contributed by atoms with Crippen molar-refractivity contribution < 1.29 is 23.8 Å². The topological polar surface area (TPSA) is 65.1 Å². The Morgan fingerprint density at radius 1 is 1.38 bits per heavy atom. The predicted octanol–water partition coefficient (Wildman–Crippen LogP) is 1.92. The van der Waals surface area contributed by atoms with Crippen LogP contribution in [-0.2, 0) is 19.0 Å². The largest absolute Gasteiger partial charge is 0.459 e. The Hall–Kier alpha value is -1.74. The summed E-state index contributed by atoms with van der Waals surface area (Å²) in [7, 11) is 1.27. The predicted molar refractivity (Wildman–Crippen MR) is 76.3 cm³/mol. The third-order valence-electron chi connectivity index (χ3n) is 2.88. The summed E-state index contributed by atoms with van der Waals surface area (Å²) in [6.45, 7) is 9.36. The van der Waals surface area contributed by atoms with Crippen molar-refractivity contribution in [1.29, 1.82) is 0 Å². The van der Waals surface area contributed by atoms with Crippen LogP contribution in [0.4, 0.5) is 4.79 Å². The fourth-order valence-corrected chi connectivity index (χ4v) is 2.01. The molecule has 0 N–H and O–H groups in total. The second kappa shape index (κ2) is 6.35. The average molecular weight is 297 g/mol. The Labute approximate surface area is 125 Å². The van der Waals surface area contributed by atoms with Crippen LogP contribution >= 0.6 is 0 Å². The molecule has 0 aromatic carbocycles. The third-order valence-corrected chi connectivity index (χ3v) is 2.88. The molecule has 1 rings (SSSR count). The number of carbonyl (C=O) groups excluding carboxylic acids is 2. The molecule has 1 heterocycles. The van der Waals surface area contributed by atoms with Gasteiger partial charge in [-0.25, -0.2) is 9.59 Å². The Kier molecular flexibility index (Phi) is 5.24. The maximum absolute atomic E-state index is 12.3. The van der Waals surface area contributed by atoms with E-state index in [1.54, 1.807) is 34.6 Å². The molecule has 0 aromatic heterocycles. The van der Waals surface area contributed by atoms with Crippen LogP contribution in [0.15, 0.2) is 0 Å². The molecule has 1 saturated heterocycles. The van der Waals surface area contributed by atoms with Crippen molar-refractivity contribution in [3.63, 3.8) is 0 Å². The fourth-order valence-electron chi connectivity index (χ4n) is 2.01. The number of hydrogen-bond donors (Lipinski definition) is 0. The van der Waals surface area contributed by atoms with Gasteiger partial charge in [-0.05, 0) is 34.6 Å². The van der Waals surface area contributed by atoms with E-state index in [9.17, 15) is 9.59 Å². The summed E-state index contributed by atoms with van der Waals surface area (Å²) in [5, 5.41) is 0. The highest BCUT2D eigenvalue weighted by Crippen LogP contribution is 2.30. The molecule has 6 nitrogen and oxygen atoms in total. The molecular weight excluding hydrogens is 274 g/mol. The van der Waals surface area contributed by atoms with E-state index < -0.39 is 23.4 Å². The molecule has 21 heavy (non-hydrogen) atoms. The number of nitrogens with zero attached hydrogens (tertiary/aromatic N) is 1. The van der Waals surface area contributed by atoms with E-state index >= 15 is 0 Å². The van der Waals surface area contributed by atoms with E-state index in [1.165, 1.54) is 12.0 Å². The molecule has 6 heteroatoms. The summed E-state index contributed by atoms with van der Waals surface area (Å²) in [4.78, 5) is 24.8. The number of hydrogen-bond acceptors (Lipinski definition) is 5. The molecule has 0 spiro atoms. The van der Waals surface area contributed by atoms with Gasteiger partial charge in [0.2, 0.25) is 0 Å². The summed E-state index contributed by atoms with van der Waals surface area (Å²) >= 11 is 0. The molecule has 0 bridgehead atoms. The summed E-state index contributed by atoms with van der Waals surface area (Å²) in [5.41, 5.74) is -1.35. The van der Waals surface area contributed by atoms with Crippen molar-refractivity contribution in [3.8, 4) is 11.8 Å². The summed E-state index contributed by atoms with van der Waals surface area (Å²) in [6.07, 6.45) is -0.132. The Bertz CT molecular complexity index is 467. The third kappa shape index (κ3) is 4.94. The van der Waals surface area contributed by atoms with Gasteiger partial charge in [0.05, 0.1) is 19.8 Å². The normalized spacial score (nSPS) is 20.5. The van der Waals surface area contributed by atoms with Gasteiger partial charge in [-0.2, -0.15) is 0 Å². The first kappa shape index (κ1) is 17.3. The number of ether oxygens (including phenoxy) is 3. The zero-order valence-electron chi connectivity index (χ0n) is 13.5. The van der Waals surface area contributed by atoms with E-state index in [1.807, 2.05) is 0 Å². The Balaban J connectivity index is 2.81. The summed E-state index contributed by atoms with van der Waals surface area (Å²) in [5.74, 6) is 4.46. The zero-order chi connectivity index (χ0) is 16.3. The van der Waals surface area contributed by atoms with Gasteiger partial charge in [-0.3, -0.25) is 4.90 Å². The fraction of sp³-hybridized carbons (Fsp3) is 0.733. The number of rotatable bonds is 1. The molecule has 1 amide bonds. The number of methoxy groups -OCH3 is 1. The highest BCUT2D eigenvalue weighted by molar-refractivity contribution is 5.88. The maximum Gasteiger partial charge on any atom is 0.412 e. The van der Waals surface area contributed by atoms with Crippen LogP contribution in [0.1, 0.15) is 41.0 Å². The molecule has 1 aliphatic heterocycles. The van der Waals surface area contributed by atoms with Crippen LogP contribution < -0.4 is 0 Å². The SMILES string of the molecule is COC(=O)C#CCC1COC(C)(C)N1C(=O)OC(C)(C)C. The van der Waals surface area contributed by atoms with Gasteiger partial charge in [0, 0.05) is 12.3 Å². The molecule has 1 unspecified atom stereocenters. The Morgan fingerprint density at radius 3 is 2.52 bits per heavy atom. The molecule has 1 aliphatic rings. The van der Waals surface area contributed by atoms with Crippen molar-refractivity contribution >= 4 is 12.1 Å². The highest BCUT2D eigenvalue weighted by atomic mass is 16.6. The van der Waals surface area contributed by atoms with Crippen molar-refractivity contribution in [3.05, 3.63) is 0 Å². The monoisotopic (exact) mass is 297 g/mol. The highest BCUT2D eigenvalue weighted by Gasteiger charge is 2.45. The number of amides is 1. The lowest BCUT2D eigenvalue weighted by molar-refractivity contribution is -0.133. The second-order valence-electron chi connectivity index (χ2n) is 6.26. The standard InChI is InChI=1S/C15H23NO5/c1-14(2,3)21-13(18)16-11(10-20-15(16,4)5)8-7-9-12(17)19-6/h11H,8,10H2,1-6H3. The molecular formula is C15H23NO5. The molecule has 1 atom stereocenters.